The van der Waals surface area contributed by atoms with Crippen LogP contribution in [-0.2, 0) is 14.3 Å². The van der Waals surface area contributed by atoms with E-state index < -0.39 is 17.8 Å². The first kappa shape index (κ1) is 20.7. The molecule has 0 aliphatic heterocycles. The molecular weight excluding hydrogens is 401 g/mol. The third kappa shape index (κ3) is 4.95. The topological polar surface area (TPSA) is 98.1 Å². The molecule has 0 bridgehead atoms. The molecule has 0 radical (unpaired) electrons. The molecule has 1 heterocycles. The lowest BCUT2D eigenvalue weighted by Gasteiger charge is -2.16. The molecule has 1 amide bonds. The van der Waals surface area contributed by atoms with Crippen molar-refractivity contribution in [1.29, 1.82) is 0 Å². The van der Waals surface area contributed by atoms with Crippen LogP contribution in [0.5, 0.6) is 0 Å². The number of benzene rings is 2. The van der Waals surface area contributed by atoms with Gasteiger partial charge in [-0.15, -0.1) is 5.10 Å². The fraction of sp³-hybridized carbons (Fsp3) is 0.273. The quantitative estimate of drug-likeness (QED) is 0.426. The molecule has 1 aliphatic carbocycles. The number of anilines is 1. The van der Waals surface area contributed by atoms with Gasteiger partial charge in [0.2, 0.25) is 5.91 Å². The molecule has 0 spiro atoms. The van der Waals surface area contributed by atoms with Crippen LogP contribution in [0.3, 0.4) is 0 Å². The molecule has 3 aromatic rings. The van der Waals surface area contributed by atoms with E-state index in [1.165, 1.54) is 19.2 Å². The molecule has 2 aromatic carbocycles. The summed E-state index contributed by atoms with van der Waals surface area (Å²) in [4.78, 5) is 24.9. The molecule has 1 aromatic heterocycles. The fourth-order valence-electron chi connectivity index (χ4n) is 3.47. The number of hydrogen-bond donors (Lipinski definition) is 2. The summed E-state index contributed by atoms with van der Waals surface area (Å²) in [5.74, 6) is -2.08. The molecule has 31 heavy (non-hydrogen) atoms. The summed E-state index contributed by atoms with van der Waals surface area (Å²) in [5.41, 5.74) is 2.38. The highest BCUT2D eigenvalue weighted by molar-refractivity contribution is 6.05. The molecule has 2 N–H and O–H groups in total. The van der Waals surface area contributed by atoms with Crippen molar-refractivity contribution in [3.8, 4) is 5.69 Å². The first-order chi connectivity index (χ1) is 15.0. The summed E-state index contributed by atoms with van der Waals surface area (Å²) in [7, 11) is 1.26. The van der Waals surface area contributed by atoms with Gasteiger partial charge in [-0.2, -0.15) is 0 Å². The van der Waals surface area contributed by atoms with Gasteiger partial charge >= 0.3 is 5.97 Å². The Bertz CT molecular complexity index is 1040. The number of nitrogens with one attached hydrogen (secondary N) is 2. The van der Waals surface area contributed by atoms with Gasteiger partial charge in [0, 0.05) is 24.2 Å². The third-order valence-corrected chi connectivity index (χ3v) is 5.30. The molecular formula is C22H22FN5O3. The summed E-state index contributed by atoms with van der Waals surface area (Å²) in [6.07, 6.45) is 4.15. The van der Waals surface area contributed by atoms with Gasteiger partial charge in [-0.3, -0.25) is 9.59 Å². The summed E-state index contributed by atoms with van der Waals surface area (Å²) < 4.78 is 19.5. The first-order valence-corrected chi connectivity index (χ1v) is 9.89. The Labute approximate surface area is 178 Å². The molecule has 0 saturated heterocycles. The van der Waals surface area contributed by atoms with Gasteiger partial charge < -0.3 is 15.4 Å². The van der Waals surface area contributed by atoms with Crippen molar-refractivity contribution >= 4 is 17.6 Å². The zero-order valence-corrected chi connectivity index (χ0v) is 16.9. The van der Waals surface area contributed by atoms with Crippen molar-refractivity contribution < 1.29 is 18.7 Å². The minimum absolute atomic E-state index is 0.132. The molecule has 1 fully saturated rings. The second-order valence-electron chi connectivity index (χ2n) is 7.37. The highest BCUT2D eigenvalue weighted by atomic mass is 19.1. The molecule has 1 aliphatic rings. The van der Waals surface area contributed by atoms with E-state index in [1.807, 2.05) is 0 Å². The summed E-state index contributed by atoms with van der Waals surface area (Å²) in [6, 6.07) is 13.5. The number of hydrogen-bond acceptors (Lipinski definition) is 6. The Balaban J connectivity index is 1.34. The van der Waals surface area contributed by atoms with E-state index in [2.05, 4.69) is 20.9 Å². The largest absolute Gasteiger partial charge is 0.468 e. The number of halogens is 1. The van der Waals surface area contributed by atoms with Gasteiger partial charge in [0.05, 0.1) is 25.2 Å². The molecule has 160 valence electrons. The molecule has 1 unspecified atom stereocenters. The summed E-state index contributed by atoms with van der Waals surface area (Å²) >= 11 is 0. The van der Waals surface area contributed by atoms with E-state index in [1.54, 1.807) is 53.5 Å². The molecule has 4 rings (SSSR count). The summed E-state index contributed by atoms with van der Waals surface area (Å²) in [5, 5.41) is 13.7. The molecule has 9 heteroatoms. The highest BCUT2D eigenvalue weighted by Crippen LogP contribution is 2.40. The predicted molar refractivity (Wildman–Crippen MR) is 111 cm³/mol. The van der Waals surface area contributed by atoms with Crippen LogP contribution in [-0.4, -0.2) is 46.6 Å². The first-order valence-electron chi connectivity index (χ1n) is 9.89. The van der Waals surface area contributed by atoms with Crippen molar-refractivity contribution in [2.45, 2.75) is 18.4 Å². The number of amides is 1. The van der Waals surface area contributed by atoms with E-state index in [9.17, 15) is 14.0 Å². The number of methoxy groups -OCH3 is 1. The monoisotopic (exact) mass is 423 g/mol. The maximum atomic E-state index is 13.1. The maximum Gasteiger partial charge on any atom is 0.319 e. The zero-order valence-electron chi connectivity index (χ0n) is 16.9. The standard InChI is InChI=1S/C22H22FN5O3/c1-31-22(30)19(13-24-20-12-18(20)14-2-4-15(23)5-3-14)21(29)26-16-6-8-17(9-7-16)28-11-10-25-27-28/h2-11,18-20,24H,12-13H2,1H3,(H,26,29)/t18-,19?,20+/m0/s1. The zero-order chi connectivity index (χ0) is 21.8. The van der Waals surface area contributed by atoms with Gasteiger partial charge in [-0.05, 0) is 48.4 Å². The number of aromatic nitrogens is 3. The Morgan fingerprint density at radius 2 is 1.94 bits per heavy atom. The van der Waals surface area contributed by atoms with Gasteiger partial charge in [-0.25, -0.2) is 9.07 Å². The Morgan fingerprint density at radius 1 is 1.19 bits per heavy atom. The van der Waals surface area contributed by atoms with E-state index in [0.29, 0.717) is 5.69 Å². The van der Waals surface area contributed by atoms with Crippen molar-refractivity contribution in [2.24, 2.45) is 5.92 Å². The van der Waals surface area contributed by atoms with Crippen LogP contribution in [0.15, 0.2) is 60.9 Å². The van der Waals surface area contributed by atoms with Gasteiger partial charge in [-0.1, -0.05) is 17.3 Å². The maximum absolute atomic E-state index is 13.1. The SMILES string of the molecule is COC(=O)C(CN[C@@H]1C[C@H]1c1ccc(F)cc1)C(=O)Nc1ccc(-n2ccnn2)cc1. The van der Waals surface area contributed by atoms with Crippen LogP contribution in [0.4, 0.5) is 10.1 Å². The van der Waals surface area contributed by atoms with Crippen molar-refractivity contribution in [3.05, 3.63) is 72.3 Å². The normalized spacial score (nSPS) is 18.3. The number of carbonyl (C=O) groups is 2. The molecule has 8 nitrogen and oxygen atoms in total. The van der Waals surface area contributed by atoms with Gasteiger partial charge in [0.25, 0.3) is 0 Å². The smallest absolute Gasteiger partial charge is 0.319 e. The predicted octanol–water partition coefficient (Wildman–Crippen LogP) is 2.28. The highest BCUT2D eigenvalue weighted by Gasteiger charge is 2.39. The minimum Gasteiger partial charge on any atom is -0.468 e. The summed E-state index contributed by atoms with van der Waals surface area (Å²) in [6.45, 7) is 0.151. The second kappa shape index (κ2) is 9.05. The van der Waals surface area contributed by atoms with E-state index in [-0.39, 0.29) is 24.3 Å². The lowest BCUT2D eigenvalue weighted by Crippen LogP contribution is -2.39. The van der Waals surface area contributed by atoms with Crippen LogP contribution < -0.4 is 10.6 Å². The van der Waals surface area contributed by atoms with Crippen LogP contribution in [0.25, 0.3) is 5.69 Å². The van der Waals surface area contributed by atoms with Crippen molar-refractivity contribution in [2.75, 3.05) is 19.0 Å². The average Bonchev–Trinajstić information content (AvgIpc) is 3.34. The van der Waals surface area contributed by atoms with Crippen LogP contribution in [0, 0.1) is 11.7 Å². The second-order valence-corrected chi connectivity index (χ2v) is 7.37. The van der Waals surface area contributed by atoms with Crippen molar-refractivity contribution in [3.63, 3.8) is 0 Å². The third-order valence-electron chi connectivity index (χ3n) is 5.30. The number of carbonyl (C=O) groups excluding carboxylic acids is 2. The molecule has 3 atom stereocenters. The van der Waals surface area contributed by atoms with E-state index in [4.69, 9.17) is 4.74 Å². The number of ether oxygens (including phenoxy) is 1. The van der Waals surface area contributed by atoms with Gasteiger partial charge in [0.15, 0.2) is 0 Å². The van der Waals surface area contributed by atoms with Crippen LogP contribution >= 0.6 is 0 Å². The number of esters is 1. The average molecular weight is 423 g/mol. The molecule has 1 saturated carbocycles. The van der Waals surface area contributed by atoms with E-state index >= 15 is 0 Å². The van der Waals surface area contributed by atoms with Crippen LogP contribution in [0.1, 0.15) is 17.9 Å². The Morgan fingerprint density at radius 3 is 2.58 bits per heavy atom. The number of nitrogens with zero attached hydrogens (tertiary/aromatic N) is 3. The lowest BCUT2D eigenvalue weighted by atomic mass is 10.1. The Hall–Kier alpha value is -3.59. The van der Waals surface area contributed by atoms with Crippen molar-refractivity contribution in [1.82, 2.24) is 20.3 Å². The minimum atomic E-state index is -0.991. The lowest BCUT2D eigenvalue weighted by molar-refractivity contribution is -0.148. The number of rotatable bonds is 8. The van der Waals surface area contributed by atoms with E-state index in [0.717, 1.165) is 17.7 Å². The fourth-order valence-corrected chi connectivity index (χ4v) is 3.47. The van der Waals surface area contributed by atoms with Crippen LogP contribution in [0.2, 0.25) is 0 Å². The Kier molecular flexibility index (Phi) is 6.03. The van der Waals surface area contributed by atoms with Gasteiger partial charge in [0.1, 0.15) is 11.7 Å².